The summed E-state index contributed by atoms with van der Waals surface area (Å²) in [6, 6.07) is 0. The molecule has 1 aliphatic heterocycles. The molecule has 0 bridgehead atoms. The number of thiazole rings is 1. The van der Waals surface area contributed by atoms with E-state index in [1.165, 1.54) is 17.8 Å². The molecule has 1 unspecified atom stereocenters. The first-order valence-electron chi connectivity index (χ1n) is 8.48. The van der Waals surface area contributed by atoms with Gasteiger partial charge in [0.2, 0.25) is 5.91 Å². The average Bonchev–Trinajstić information content (AvgIpc) is 2.97. The van der Waals surface area contributed by atoms with Crippen molar-refractivity contribution < 1.29 is 4.79 Å². The van der Waals surface area contributed by atoms with E-state index in [0.29, 0.717) is 30.7 Å². The second-order valence-corrected chi connectivity index (χ2v) is 7.59. The largest absolute Gasteiger partial charge is 0.356 e. The molecule has 1 amide bonds. The van der Waals surface area contributed by atoms with Crippen molar-refractivity contribution in [2.45, 2.75) is 52.4 Å². The van der Waals surface area contributed by atoms with Crippen molar-refractivity contribution in [2.75, 3.05) is 19.6 Å². The third-order valence-corrected chi connectivity index (χ3v) is 5.66. The van der Waals surface area contributed by atoms with Gasteiger partial charge >= 0.3 is 0 Å². The van der Waals surface area contributed by atoms with Gasteiger partial charge in [-0.25, -0.2) is 4.98 Å². The van der Waals surface area contributed by atoms with Crippen LogP contribution in [0, 0.1) is 11.8 Å². The summed E-state index contributed by atoms with van der Waals surface area (Å²) in [7, 11) is 0. The lowest BCUT2D eigenvalue weighted by Gasteiger charge is -2.27. The lowest BCUT2D eigenvalue weighted by molar-refractivity contribution is -0.122. The maximum atomic E-state index is 12.1. The van der Waals surface area contributed by atoms with Crippen LogP contribution in [0.25, 0.3) is 0 Å². The maximum absolute atomic E-state index is 12.1. The second-order valence-electron chi connectivity index (χ2n) is 6.70. The molecule has 0 spiro atoms. The van der Waals surface area contributed by atoms with Gasteiger partial charge < -0.3 is 10.6 Å². The zero-order valence-electron chi connectivity index (χ0n) is 14.0. The number of carbonyl (C=O) groups is 1. The highest BCUT2D eigenvalue weighted by atomic mass is 32.1. The highest BCUT2D eigenvalue weighted by Gasteiger charge is 2.21. The Balaban J connectivity index is 1.66. The van der Waals surface area contributed by atoms with Gasteiger partial charge in [0.05, 0.1) is 10.7 Å². The topological polar surface area (TPSA) is 54.0 Å². The first-order chi connectivity index (χ1) is 10.6. The molecule has 2 rings (SSSR count). The summed E-state index contributed by atoms with van der Waals surface area (Å²) in [4.78, 5) is 16.7. The van der Waals surface area contributed by atoms with Crippen molar-refractivity contribution in [1.82, 2.24) is 15.6 Å². The number of amides is 1. The highest BCUT2D eigenvalue weighted by Crippen LogP contribution is 2.24. The zero-order chi connectivity index (χ0) is 15.9. The molecule has 1 aromatic rings. The van der Waals surface area contributed by atoms with E-state index in [1.807, 2.05) is 0 Å². The minimum absolute atomic E-state index is 0.186. The number of carbonyl (C=O) groups excluding carboxylic acids is 1. The van der Waals surface area contributed by atoms with Crippen molar-refractivity contribution in [3.63, 3.8) is 0 Å². The third kappa shape index (κ3) is 5.36. The van der Waals surface area contributed by atoms with E-state index >= 15 is 0 Å². The molecule has 1 fully saturated rings. The van der Waals surface area contributed by atoms with E-state index in [4.69, 9.17) is 0 Å². The summed E-state index contributed by atoms with van der Waals surface area (Å²) in [5.74, 6) is 1.84. The minimum Gasteiger partial charge on any atom is -0.356 e. The van der Waals surface area contributed by atoms with Gasteiger partial charge in [-0.15, -0.1) is 11.3 Å². The Hall–Kier alpha value is -0.940. The lowest BCUT2D eigenvalue weighted by atomic mass is 9.84. The molecule has 22 heavy (non-hydrogen) atoms. The average molecular weight is 324 g/mol. The quantitative estimate of drug-likeness (QED) is 0.811. The van der Waals surface area contributed by atoms with Gasteiger partial charge in [0, 0.05) is 30.7 Å². The Labute approximate surface area is 138 Å². The molecule has 1 aliphatic rings. The van der Waals surface area contributed by atoms with Crippen molar-refractivity contribution in [3.8, 4) is 0 Å². The monoisotopic (exact) mass is 323 g/mol. The van der Waals surface area contributed by atoms with E-state index in [9.17, 15) is 4.79 Å². The van der Waals surface area contributed by atoms with Crippen molar-refractivity contribution in [2.24, 2.45) is 11.8 Å². The smallest absolute Gasteiger partial charge is 0.220 e. The van der Waals surface area contributed by atoms with Crippen molar-refractivity contribution in [3.05, 3.63) is 16.1 Å². The molecule has 2 heterocycles. The first-order valence-corrected chi connectivity index (χ1v) is 9.36. The molecule has 1 aromatic heterocycles. The molecule has 4 nitrogen and oxygen atoms in total. The molecule has 5 heteroatoms. The number of nitrogens with zero attached hydrogens (tertiary/aromatic N) is 1. The molecule has 124 valence electrons. The molecule has 2 N–H and O–H groups in total. The van der Waals surface area contributed by atoms with Crippen LogP contribution in [0.1, 0.15) is 56.7 Å². The molecule has 1 saturated heterocycles. The molecule has 0 aromatic carbocycles. The number of aromatic nitrogens is 1. The van der Waals surface area contributed by atoms with Gasteiger partial charge in [-0.1, -0.05) is 20.8 Å². The van der Waals surface area contributed by atoms with Crippen LogP contribution in [0.4, 0.5) is 0 Å². The summed E-state index contributed by atoms with van der Waals surface area (Å²) in [6.45, 7) is 9.42. The standard InChI is InChI=1S/C17H29N3OS/c1-12(2)17-20-15(11-22-17)6-9-19-16(21)10-13(3)14-4-7-18-8-5-14/h11-14,18H,4-10H2,1-3H3,(H,19,21). The van der Waals surface area contributed by atoms with Crippen LogP contribution >= 0.6 is 11.3 Å². The van der Waals surface area contributed by atoms with Gasteiger partial charge in [-0.05, 0) is 37.8 Å². The number of hydrogen-bond donors (Lipinski definition) is 2. The SMILES string of the molecule is CC(C)c1nc(CCNC(=O)CC(C)C2CCNCC2)cs1. The van der Waals surface area contributed by atoms with Crippen LogP contribution in [0.5, 0.6) is 0 Å². The summed E-state index contributed by atoms with van der Waals surface area (Å²) in [5, 5.41) is 9.72. The number of hydrogen-bond acceptors (Lipinski definition) is 4. The van der Waals surface area contributed by atoms with Crippen LogP contribution in [-0.4, -0.2) is 30.5 Å². The Morgan fingerprint density at radius 1 is 1.41 bits per heavy atom. The second kappa shape index (κ2) is 8.63. The van der Waals surface area contributed by atoms with Gasteiger partial charge in [0.25, 0.3) is 0 Å². The number of nitrogens with one attached hydrogen (secondary N) is 2. The minimum atomic E-state index is 0.186. The number of rotatable bonds is 7. The van der Waals surface area contributed by atoms with Crippen molar-refractivity contribution in [1.29, 1.82) is 0 Å². The molecular formula is C17H29N3OS. The van der Waals surface area contributed by atoms with Crippen molar-refractivity contribution >= 4 is 17.2 Å². The zero-order valence-corrected chi connectivity index (χ0v) is 14.8. The van der Waals surface area contributed by atoms with Crippen LogP contribution in [0.3, 0.4) is 0 Å². The fourth-order valence-corrected chi connectivity index (χ4v) is 3.85. The third-order valence-electron chi connectivity index (χ3n) is 4.46. The highest BCUT2D eigenvalue weighted by molar-refractivity contribution is 7.09. The van der Waals surface area contributed by atoms with Crippen LogP contribution in [-0.2, 0) is 11.2 Å². The van der Waals surface area contributed by atoms with E-state index in [-0.39, 0.29) is 5.91 Å². The molecular weight excluding hydrogens is 294 g/mol. The summed E-state index contributed by atoms with van der Waals surface area (Å²) in [5.41, 5.74) is 1.10. The van der Waals surface area contributed by atoms with E-state index in [2.05, 4.69) is 41.8 Å². The van der Waals surface area contributed by atoms with E-state index < -0.39 is 0 Å². The van der Waals surface area contributed by atoms with Gasteiger partial charge in [-0.3, -0.25) is 4.79 Å². The van der Waals surface area contributed by atoms with Crippen LogP contribution < -0.4 is 10.6 Å². The first kappa shape index (κ1) is 17.4. The maximum Gasteiger partial charge on any atom is 0.220 e. The van der Waals surface area contributed by atoms with E-state index in [1.54, 1.807) is 11.3 Å². The van der Waals surface area contributed by atoms with Crippen LogP contribution in [0.15, 0.2) is 5.38 Å². The fraction of sp³-hybridized carbons (Fsp3) is 0.765. The number of piperidine rings is 1. The summed E-state index contributed by atoms with van der Waals surface area (Å²) in [6.07, 6.45) is 3.88. The summed E-state index contributed by atoms with van der Waals surface area (Å²) >= 11 is 1.72. The van der Waals surface area contributed by atoms with Gasteiger partial charge in [-0.2, -0.15) is 0 Å². The lowest BCUT2D eigenvalue weighted by Crippen LogP contribution is -2.34. The molecule has 0 radical (unpaired) electrons. The fourth-order valence-electron chi connectivity index (χ4n) is 2.98. The molecule has 0 saturated carbocycles. The van der Waals surface area contributed by atoms with Crippen LogP contribution in [0.2, 0.25) is 0 Å². The predicted molar refractivity (Wildman–Crippen MR) is 92.3 cm³/mol. The molecule has 1 atom stereocenters. The Kier molecular flexibility index (Phi) is 6.83. The van der Waals surface area contributed by atoms with Gasteiger partial charge in [0.15, 0.2) is 0 Å². The normalized spacial score (nSPS) is 17.6. The summed E-state index contributed by atoms with van der Waals surface area (Å²) < 4.78 is 0. The van der Waals surface area contributed by atoms with E-state index in [0.717, 1.165) is 25.2 Å². The Bertz CT molecular complexity index is 466. The Morgan fingerprint density at radius 3 is 2.77 bits per heavy atom. The predicted octanol–water partition coefficient (Wildman–Crippen LogP) is 2.95. The Morgan fingerprint density at radius 2 is 2.14 bits per heavy atom. The van der Waals surface area contributed by atoms with Gasteiger partial charge in [0.1, 0.15) is 0 Å². The molecule has 0 aliphatic carbocycles.